The highest BCUT2D eigenvalue weighted by molar-refractivity contribution is 6.30. The molecule has 3 aromatic rings. The van der Waals surface area contributed by atoms with Gasteiger partial charge in [0.05, 0.1) is 5.69 Å². The van der Waals surface area contributed by atoms with Crippen LogP contribution in [0.2, 0.25) is 5.02 Å². The summed E-state index contributed by atoms with van der Waals surface area (Å²) in [6, 6.07) is 20.3. The first-order chi connectivity index (χ1) is 12.6. The van der Waals surface area contributed by atoms with E-state index in [-0.39, 0.29) is 12.5 Å². The molecule has 0 aliphatic rings. The summed E-state index contributed by atoms with van der Waals surface area (Å²) in [6.45, 7) is 0.00485. The van der Waals surface area contributed by atoms with Gasteiger partial charge in [-0.1, -0.05) is 41.9 Å². The van der Waals surface area contributed by atoms with Crippen LogP contribution in [0.3, 0.4) is 0 Å². The molecule has 1 amide bonds. The molecule has 3 N–H and O–H groups in total. The van der Waals surface area contributed by atoms with Crippen molar-refractivity contribution in [3.8, 4) is 6.07 Å². The average Bonchev–Trinajstić information content (AvgIpc) is 2.93. The van der Waals surface area contributed by atoms with Gasteiger partial charge >= 0.3 is 0 Å². The van der Waals surface area contributed by atoms with Crippen LogP contribution in [-0.4, -0.2) is 10.5 Å². The summed E-state index contributed by atoms with van der Waals surface area (Å²) in [5.41, 5.74) is 9.40. The summed E-state index contributed by atoms with van der Waals surface area (Å²) >= 11 is 5.85. The number of benzene rings is 2. The molecule has 130 valence electrons. The second-order valence-corrected chi connectivity index (χ2v) is 6.28. The lowest BCUT2D eigenvalue weighted by Crippen LogP contribution is -2.21. The zero-order chi connectivity index (χ0) is 18.5. The van der Waals surface area contributed by atoms with Crippen LogP contribution in [0.4, 0.5) is 11.4 Å². The molecule has 0 saturated heterocycles. The zero-order valence-electron chi connectivity index (χ0n) is 13.9. The van der Waals surface area contributed by atoms with Gasteiger partial charge < -0.3 is 15.6 Å². The van der Waals surface area contributed by atoms with Crippen molar-refractivity contribution in [2.75, 3.05) is 11.1 Å². The van der Waals surface area contributed by atoms with Crippen molar-refractivity contribution in [3.05, 3.63) is 82.6 Å². The van der Waals surface area contributed by atoms with Gasteiger partial charge in [0.1, 0.15) is 18.3 Å². The van der Waals surface area contributed by atoms with E-state index in [2.05, 4.69) is 11.4 Å². The van der Waals surface area contributed by atoms with Crippen molar-refractivity contribution >= 4 is 28.9 Å². The largest absolute Gasteiger partial charge is 0.397 e. The SMILES string of the molecule is N#Cc1cc(N)c(Cc2ccccc2)n1CC(=O)Nc1ccc(Cl)cc1. The number of amides is 1. The fourth-order valence-electron chi connectivity index (χ4n) is 2.75. The number of nitriles is 1. The minimum absolute atomic E-state index is 0.00485. The van der Waals surface area contributed by atoms with Gasteiger partial charge in [-0.2, -0.15) is 5.26 Å². The molecule has 0 aliphatic heterocycles. The van der Waals surface area contributed by atoms with E-state index in [1.807, 2.05) is 30.3 Å². The summed E-state index contributed by atoms with van der Waals surface area (Å²) in [7, 11) is 0. The number of rotatable bonds is 5. The minimum atomic E-state index is -0.242. The van der Waals surface area contributed by atoms with E-state index in [0.717, 1.165) is 11.3 Å². The van der Waals surface area contributed by atoms with Gasteiger partial charge in [-0.15, -0.1) is 0 Å². The predicted octanol–water partition coefficient (Wildman–Crippen LogP) is 3.82. The van der Waals surface area contributed by atoms with Gasteiger partial charge in [-0.25, -0.2) is 0 Å². The van der Waals surface area contributed by atoms with E-state index in [4.69, 9.17) is 17.3 Å². The Labute approximate surface area is 156 Å². The number of hydrogen-bond donors (Lipinski definition) is 2. The molecular weight excluding hydrogens is 348 g/mol. The molecule has 0 radical (unpaired) electrons. The third-order valence-electron chi connectivity index (χ3n) is 4.00. The molecule has 2 aromatic carbocycles. The van der Waals surface area contributed by atoms with Crippen LogP contribution in [0.25, 0.3) is 0 Å². The summed E-state index contributed by atoms with van der Waals surface area (Å²) < 4.78 is 1.66. The highest BCUT2D eigenvalue weighted by Crippen LogP contribution is 2.22. The normalized spacial score (nSPS) is 10.3. The highest BCUT2D eigenvalue weighted by Gasteiger charge is 2.16. The second kappa shape index (κ2) is 7.77. The Morgan fingerprint density at radius 3 is 2.50 bits per heavy atom. The molecule has 0 saturated carbocycles. The fourth-order valence-corrected chi connectivity index (χ4v) is 2.87. The number of nitrogen functional groups attached to an aromatic ring is 1. The van der Waals surface area contributed by atoms with E-state index >= 15 is 0 Å². The molecule has 0 unspecified atom stereocenters. The molecule has 0 bridgehead atoms. The van der Waals surface area contributed by atoms with Crippen molar-refractivity contribution < 1.29 is 4.79 Å². The Morgan fingerprint density at radius 1 is 1.15 bits per heavy atom. The van der Waals surface area contributed by atoms with E-state index in [9.17, 15) is 10.1 Å². The van der Waals surface area contributed by atoms with Gasteiger partial charge in [0.2, 0.25) is 5.91 Å². The smallest absolute Gasteiger partial charge is 0.244 e. The predicted molar refractivity (Wildman–Crippen MR) is 103 cm³/mol. The molecule has 6 heteroatoms. The lowest BCUT2D eigenvalue weighted by Gasteiger charge is -2.12. The molecule has 0 fully saturated rings. The maximum absolute atomic E-state index is 12.4. The van der Waals surface area contributed by atoms with Crippen LogP contribution in [-0.2, 0) is 17.8 Å². The highest BCUT2D eigenvalue weighted by atomic mass is 35.5. The van der Waals surface area contributed by atoms with Gasteiger partial charge in [0, 0.05) is 22.8 Å². The third kappa shape index (κ3) is 4.05. The average molecular weight is 365 g/mol. The number of nitrogens with zero attached hydrogens (tertiary/aromatic N) is 2. The first-order valence-electron chi connectivity index (χ1n) is 8.04. The number of aromatic nitrogens is 1. The summed E-state index contributed by atoms with van der Waals surface area (Å²) in [4.78, 5) is 12.4. The van der Waals surface area contributed by atoms with E-state index in [1.54, 1.807) is 34.9 Å². The summed E-state index contributed by atoms with van der Waals surface area (Å²) in [6.07, 6.45) is 0.544. The monoisotopic (exact) mass is 364 g/mol. The van der Waals surface area contributed by atoms with Gasteiger partial charge in [-0.3, -0.25) is 4.79 Å². The van der Waals surface area contributed by atoms with Crippen molar-refractivity contribution in [2.45, 2.75) is 13.0 Å². The number of carbonyl (C=O) groups is 1. The number of nitrogens with two attached hydrogens (primary N) is 1. The standard InChI is InChI=1S/C20H17ClN4O/c21-15-6-8-16(9-7-15)24-20(26)13-25-17(12-22)11-18(23)19(25)10-14-4-2-1-3-5-14/h1-9,11H,10,13,23H2,(H,24,26). The molecule has 1 heterocycles. The van der Waals surface area contributed by atoms with Crippen LogP contribution < -0.4 is 11.1 Å². The van der Waals surface area contributed by atoms with E-state index in [1.165, 1.54) is 0 Å². The lowest BCUT2D eigenvalue weighted by molar-refractivity contribution is -0.116. The lowest BCUT2D eigenvalue weighted by atomic mass is 10.1. The molecule has 26 heavy (non-hydrogen) atoms. The summed E-state index contributed by atoms with van der Waals surface area (Å²) in [5, 5.41) is 12.8. The van der Waals surface area contributed by atoms with Crippen molar-refractivity contribution in [3.63, 3.8) is 0 Å². The Hall–Kier alpha value is -3.23. The van der Waals surface area contributed by atoms with Crippen molar-refractivity contribution in [2.24, 2.45) is 0 Å². The minimum Gasteiger partial charge on any atom is -0.397 e. The van der Waals surface area contributed by atoms with Crippen LogP contribution in [0.15, 0.2) is 60.7 Å². The number of anilines is 2. The number of carbonyl (C=O) groups excluding carboxylic acids is 1. The Balaban J connectivity index is 1.83. The molecule has 3 rings (SSSR count). The van der Waals surface area contributed by atoms with Gasteiger partial charge in [0.25, 0.3) is 0 Å². The van der Waals surface area contributed by atoms with E-state index < -0.39 is 0 Å². The molecule has 0 aliphatic carbocycles. The number of hydrogen-bond acceptors (Lipinski definition) is 3. The third-order valence-corrected chi connectivity index (χ3v) is 4.25. The molecule has 0 atom stereocenters. The van der Waals surface area contributed by atoms with Gasteiger partial charge in [-0.05, 0) is 35.9 Å². The van der Waals surface area contributed by atoms with Crippen LogP contribution in [0, 0.1) is 11.3 Å². The zero-order valence-corrected chi connectivity index (χ0v) is 14.7. The Kier molecular flexibility index (Phi) is 5.26. The number of nitrogens with one attached hydrogen (secondary N) is 1. The molecule has 5 nitrogen and oxygen atoms in total. The fraction of sp³-hybridized carbons (Fsp3) is 0.100. The topological polar surface area (TPSA) is 83.8 Å². The van der Waals surface area contributed by atoms with Crippen LogP contribution in [0.1, 0.15) is 17.0 Å². The number of halogens is 1. The Morgan fingerprint density at radius 2 is 1.85 bits per heavy atom. The molecule has 1 aromatic heterocycles. The maximum atomic E-state index is 12.4. The van der Waals surface area contributed by atoms with Crippen LogP contribution in [0.5, 0.6) is 0 Å². The van der Waals surface area contributed by atoms with Crippen molar-refractivity contribution in [1.29, 1.82) is 5.26 Å². The van der Waals surface area contributed by atoms with E-state index in [0.29, 0.717) is 28.5 Å². The first kappa shape index (κ1) is 17.6. The maximum Gasteiger partial charge on any atom is 0.244 e. The second-order valence-electron chi connectivity index (χ2n) is 5.85. The first-order valence-corrected chi connectivity index (χ1v) is 8.42. The molecule has 0 spiro atoms. The van der Waals surface area contributed by atoms with Crippen molar-refractivity contribution in [1.82, 2.24) is 4.57 Å². The Bertz CT molecular complexity index is 956. The van der Waals surface area contributed by atoms with Gasteiger partial charge in [0.15, 0.2) is 0 Å². The summed E-state index contributed by atoms with van der Waals surface area (Å²) in [5.74, 6) is -0.242. The molecular formula is C20H17ClN4O. The quantitative estimate of drug-likeness (QED) is 0.721. The van der Waals surface area contributed by atoms with Crippen LogP contribution >= 0.6 is 11.6 Å².